The maximum atomic E-state index is 13.5. The van der Waals surface area contributed by atoms with Crippen LogP contribution in [0.5, 0.6) is 5.06 Å². The van der Waals surface area contributed by atoms with E-state index < -0.39 is 57.5 Å². The smallest absolute Gasteiger partial charge is 0.414 e. The quantitative estimate of drug-likeness (QED) is 0.425. The molecule has 2 amide bonds. The van der Waals surface area contributed by atoms with Crippen molar-refractivity contribution in [3.8, 4) is 5.06 Å². The number of Topliss-reactive ketones (excluding diaryl/α,β-unsaturated/α-hetero) is 1. The van der Waals surface area contributed by atoms with Gasteiger partial charge >= 0.3 is 21.1 Å². The molecule has 11 nitrogen and oxygen atoms in total. The van der Waals surface area contributed by atoms with Crippen LogP contribution in [-0.4, -0.2) is 66.6 Å². The number of hydrogen-bond acceptors (Lipinski definition) is 8. The zero-order valence-corrected chi connectivity index (χ0v) is 20.8. The van der Waals surface area contributed by atoms with Gasteiger partial charge in [-0.1, -0.05) is 13.8 Å². The molecule has 0 bridgehead atoms. The molecule has 4 heterocycles. The highest BCUT2D eigenvalue weighted by Gasteiger charge is 2.55. The van der Waals surface area contributed by atoms with Crippen molar-refractivity contribution in [2.75, 3.05) is 13.1 Å². The zero-order chi connectivity index (χ0) is 25.3. The van der Waals surface area contributed by atoms with Gasteiger partial charge in [0, 0.05) is 18.7 Å². The predicted octanol–water partition coefficient (Wildman–Crippen LogP) is 1.13. The van der Waals surface area contributed by atoms with E-state index in [1.807, 2.05) is 13.8 Å². The lowest BCUT2D eigenvalue weighted by molar-refractivity contribution is -0.646. The highest BCUT2D eigenvalue weighted by molar-refractivity contribution is 7.89. The maximum absolute atomic E-state index is 13.5. The first-order valence-electron chi connectivity index (χ1n) is 11.1. The number of rotatable bonds is 7. The van der Waals surface area contributed by atoms with Crippen molar-refractivity contribution in [2.45, 2.75) is 49.8 Å². The van der Waals surface area contributed by atoms with Crippen molar-refractivity contribution in [3.05, 3.63) is 47.1 Å². The number of thiophene rings is 1. The zero-order valence-electron chi connectivity index (χ0n) is 19.2. The molecule has 0 radical (unpaired) electrons. The van der Waals surface area contributed by atoms with Crippen LogP contribution >= 0.6 is 11.3 Å². The fourth-order valence-electron chi connectivity index (χ4n) is 4.55. The molecule has 1 N–H and O–H groups in total. The Labute approximate surface area is 206 Å². The maximum Gasteiger partial charge on any atom is 0.414 e. The summed E-state index contributed by atoms with van der Waals surface area (Å²) < 4.78 is 32.8. The van der Waals surface area contributed by atoms with Crippen molar-refractivity contribution in [3.63, 3.8) is 0 Å². The third kappa shape index (κ3) is 5.02. The topological polar surface area (TPSA) is 140 Å². The van der Waals surface area contributed by atoms with E-state index in [0.29, 0.717) is 11.5 Å². The Kier molecular flexibility index (Phi) is 7.10. The number of likely N-dealkylation sites (tertiary alicyclic amines) is 1. The fourth-order valence-corrected chi connectivity index (χ4v) is 6.78. The molecule has 0 aliphatic carbocycles. The van der Waals surface area contributed by atoms with E-state index >= 15 is 0 Å². The summed E-state index contributed by atoms with van der Waals surface area (Å²) in [6.07, 6.45) is 0.835. The van der Waals surface area contributed by atoms with E-state index in [-0.39, 0.29) is 23.6 Å². The van der Waals surface area contributed by atoms with Gasteiger partial charge in [-0.3, -0.25) is 9.59 Å². The van der Waals surface area contributed by atoms with Gasteiger partial charge in [-0.15, -0.1) is 11.3 Å². The first kappa shape index (κ1) is 25.1. The number of amides is 2. The second kappa shape index (κ2) is 9.91. The van der Waals surface area contributed by atoms with Crippen LogP contribution in [-0.2, 0) is 19.6 Å². The second-order valence-corrected chi connectivity index (χ2v) is 11.6. The molecule has 2 aromatic rings. The Morgan fingerprint density at radius 2 is 2.06 bits per heavy atom. The standard InChI is InChI=1S/C22H26N4O7S2/c1-14(2)12-15(23-22(29)33-19-7-5-11-34-19)21(28)24-10-8-16-20(24)17(27)13-26(16)35(31,32)18-6-3-4-9-25(18)30/h3-7,9,11,14-16,20H,8,10,12-13H2,1-2H3,(H,23,29). The summed E-state index contributed by atoms with van der Waals surface area (Å²) in [5.41, 5.74) is 0. The molecule has 0 spiro atoms. The highest BCUT2D eigenvalue weighted by Crippen LogP contribution is 2.34. The fraction of sp³-hybridized carbons (Fsp3) is 0.455. The first-order chi connectivity index (χ1) is 16.6. The second-order valence-electron chi connectivity index (χ2n) is 8.86. The molecule has 3 unspecified atom stereocenters. The molecule has 2 saturated heterocycles. The lowest BCUT2D eigenvalue weighted by Crippen LogP contribution is -2.53. The Morgan fingerprint density at radius 1 is 1.29 bits per heavy atom. The van der Waals surface area contributed by atoms with E-state index in [1.54, 1.807) is 17.5 Å². The lowest BCUT2D eigenvalue weighted by atomic mass is 10.0. The number of hydrogen-bond donors (Lipinski definition) is 1. The number of carbonyl (C=O) groups is 3. The van der Waals surface area contributed by atoms with Gasteiger partial charge in [-0.2, -0.15) is 9.04 Å². The van der Waals surface area contributed by atoms with Crippen molar-refractivity contribution in [1.82, 2.24) is 14.5 Å². The van der Waals surface area contributed by atoms with Gasteiger partial charge in [0.15, 0.2) is 17.0 Å². The number of sulfonamides is 1. The molecule has 2 aromatic heterocycles. The number of carbonyl (C=O) groups excluding carboxylic acids is 3. The Morgan fingerprint density at radius 3 is 2.71 bits per heavy atom. The van der Waals surface area contributed by atoms with Gasteiger partial charge in [0.2, 0.25) is 5.91 Å². The van der Waals surface area contributed by atoms with Gasteiger partial charge in [0.1, 0.15) is 12.1 Å². The predicted molar refractivity (Wildman–Crippen MR) is 125 cm³/mol. The summed E-state index contributed by atoms with van der Waals surface area (Å²) in [5.74, 6) is -0.853. The molecule has 4 rings (SSSR count). The van der Waals surface area contributed by atoms with Gasteiger partial charge in [0.05, 0.1) is 12.6 Å². The van der Waals surface area contributed by atoms with Crippen molar-refractivity contribution in [1.29, 1.82) is 0 Å². The van der Waals surface area contributed by atoms with Crippen molar-refractivity contribution >= 4 is 39.1 Å². The number of pyridine rings is 1. The summed E-state index contributed by atoms with van der Waals surface area (Å²) >= 11 is 1.23. The van der Waals surface area contributed by atoms with E-state index in [2.05, 4.69) is 5.32 Å². The minimum Gasteiger partial charge on any atom is -0.618 e. The van der Waals surface area contributed by atoms with Crippen LogP contribution in [0, 0.1) is 11.1 Å². The van der Waals surface area contributed by atoms with Gasteiger partial charge in [-0.05, 0) is 42.3 Å². The normalized spacial score (nSPS) is 21.2. The third-order valence-electron chi connectivity index (χ3n) is 6.01. The Balaban J connectivity index is 1.53. The minimum absolute atomic E-state index is 0.0473. The monoisotopic (exact) mass is 522 g/mol. The lowest BCUT2D eigenvalue weighted by Gasteiger charge is -2.28. The van der Waals surface area contributed by atoms with Crippen LogP contribution in [0.2, 0.25) is 0 Å². The van der Waals surface area contributed by atoms with E-state index in [1.165, 1.54) is 34.4 Å². The van der Waals surface area contributed by atoms with Crippen molar-refractivity contribution < 1.29 is 32.3 Å². The number of nitrogens with zero attached hydrogens (tertiary/aromatic N) is 3. The van der Waals surface area contributed by atoms with Crippen LogP contribution in [0.15, 0.2) is 46.9 Å². The van der Waals surface area contributed by atoms with Crippen molar-refractivity contribution in [2.24, 2.45) is 5.92 Å². The molecule has 0 saturated carbocycles. The van der Waals surface area contributed by atoms with Gasteiger partial charge < -0.3 is 20.2 Å². The SMILES string of the molecule is CC(C)CC(NC(=O)Oc1cccs1)C(=O)N1CCC2C1C(=O)CN2S(=O)(=O)c1cccc[n+]1[O-]. The van der Waals surface area contributed by atoms with Crippen LogP contribution in [0.4, 0.5) is 4.79 Å². The Hall–Kier alpha value is -3.03. The molecule has 188 valence electrons. The van der Waals surface area contributed by atoms with Crippen LogP contribution < -0.4 is 14.8 Å². The van der Waals surface area contributed by atoms with Crippen LogP contribution in [0.3, 0.4) is 0 Å². The molecule has 35 heavy (non-hydrogen) atoms. The highest BCUT2D eigenvalue weighted by atomic mass is 32.2. The molecule has 13 heteroatoms. The van der Waals surface area contributed by atoms with Gasteiger partial charge in [-0.25, -0.2) is 13.2 Å². The molecule has 0 aromatic carbocycles. The minimum atomic E-state index is -4.26. The van der Waals surface area contributed by atoms with E-state index in [0.717, 1.165) is 10.5 Å². The summed E-state index contributed by atoms with van der Waals surface area (Å²) in [5, 5.41) is 16.3. The largest absolute Gasteiger partial charge is 0.618 e. The number of aromatic nitrogens is 1. The molecule has 2 fully saturated rings. The van der Waals surface area contributed by atoms with E-state index in [9.17, 15) is 28.0 Å². The first-order valence-corrected chi connectivity index (χ1v) is 13.5. The van der Waals surface area contributed by atoms with Crippen LogP contribution in [0.25, 0.3) is 0 Å². The number of fused-ring (bicyclic) bond motifs is 1. The summed E-state index contributed by atoms with van der Waals surface area (Å²) in [6, 6.07) is 4.66. The molecule has 3 atom stereocenters. The molecule has 2 aliphatic rings. The summed E-state index contributed by atoms with van der Waals surface area (Å²) in [7, 11) is -4.26. The average molecular weight is 523 g/mol. The summed E-state index contributed by atoms with van der Waals surface area (Å²) in [4.78, 5) is 40.1. The number of ketones is 1. The molecular weight excluding hydrogens is 496 g/mol. The molecule has 2 aliphatic heterocycles. The average Bonchev–Trinajstić information content (AvgIpc) is 3.52. The number of ether oxygens (including phenoxy) is 1. The molecular formula is C22H26N4O7S2. The number of nitrogens with one attached hydrogen (secondary N) is 1. The van der Waals surface area contributed by atoms with Gasteiger partial charge in [0.25, 0.3) is 0 Å². The van der Waals surface area contributed by atoms with E-state index in [4.69, 9.17) is 4.74 Å². The summed E-state index contributed by atoms with van der Waals surface area (Å²) in [6.45, 7) is 3.51. The Bertz CT molecular complexity index is 1220. The van der Waals surface area contributed by atoms with Crippen LogP contribution in [0.1, 0.15) is 26.7 Å². The third-order valence-corrected chi connectivity index (χ3v) is 8.61.